The van der Waals surface area contributed by atoms with E-state index in [1.54, 1.807) is 6.92 Å². The summed E-state index contributed by atoms with van der Waals surface area (Å²) in [4.78, 5) is -0.368. The fourth-order valence-corrected chi connectivity index (χ4v) is 1.70. The molecule has 5 heteroatoms. The van der Waals surface area contributed by atoms with Gasteiger partial charge < -0.3 is 9.05 Å². The fraction of sp³-hybridized carbons (Fsp3) is 1.00. The molecule has 0 spiro atoms. The number of hydrogen-bond donors (Lipinski definition) is 1. The average Bonchev–Trinajstić information content (AvgIpc) is 1.86. The number of thiol groups is 1. The van der Waals surface area contributed by atoms with Gasteiger partial charge in [-0.25, -0.2) is 0 Å². The minimum absolute atomic E-state index is 0.368. The summed E-state index contributed by atoms with van der Waals surface area (Å²) in [5.41, 5.74) is 0. The van der Waals surface area contributed by atoms with Gasteiger partial charge in [0.25, 0.3) is 0 Å². The maximum absolute atomic E-state index is 11.1. The Morgan fingerprint density at radius 2 is 1.78 bits per heavy atom. The zero-order valence-electron chi connectivity index (χ0n) is 5.70. The van der Waals surface area contributed by atoms with Crippen molar-refractivity contribution in [3.63, 3.8) is 0 Å². The summed E-state index contributed by atoms with van der Waals surface area (Å²) >= 11 is 3.93. The summed E-state index contributed by atoms with van der Waals surface area (Å²) in [7, 11) is -0.200. The quantitative estimate of drug-likeness (QED) is 0.517. The highest BCUT2D eigenvalue weighted by Gasteiger charge is 2.26. The molecule has 0 heterocycles. The van der Waals surface area contributed by atoms with Gasteiger partial charge in [-0.15, -0.1) is 0 Å². The minimum Gasteiger partial charge on any atom is -0.311 e. The second-order valence-corrected chi connectivity index (χ2v) is 5.30. The highest BCUT2D eigenvalue weighted by Crippen LogP contribution is 2.52. The first kappa shape index (κ1) is 9.50. The van der Waals surface area contributed by atoms with Crippen LogP contribution < -0.4 is 0 Å². The third-order valence-electron chi connectivity index (χ3n) is 0.967. The van der Waals surface area contributed by atoms with Crippen molar-refractivity contribution in [2.24, 2.45) is 0 Å². The van der Waals surface area contributed by atoms with E-state index in [2.05, 4.69) is 21.7 Å². The van der Waals surface area contributed by atoms with Crippen LogP contribution in [0.2, 0.25) is 0 Å². The number of hydrogen-bond acceptors (Lipinski definition) is 4. The summed E-state index contributed by atoms with van der Waals surface area (Å²) in [6, 6.07) is 0. The van der Waals surface area contributed by atoms with Crippen LogP contribution in [0.15, 0.2) is 0 Å². The van der Waals surface area contributed by atoms with Gasteiger partial charge in [0.05, 0.1) is 0 Å². The highest BCUT2D eigenvalue weighted by molar-refractivity contribution is 7.89. The Balaban J connectivity index is 4.11. The molecular formula is C4H11O3PS. The maximum Gasteiger partial charge on any atom is 0.342 e. The van der Waals surface area contributed by atoms with Gasteiger partial charge in [0, 0.05) is 14.2 Å². The van der Waals surface area contributed by atoms with Crippen LogP contribution in [0.5, 0.6) is 0 Å². The second-order valence-electron chi connectivity index (χ2n) is 1.54. The van der Waals surface area contributed by atoms with Gasteiger partial charge in [0.15, 0.2) is 0 Å². The molecule has 0 fully saturated rings. The first-order chi connectivity index (χ1) is 4.06. The van der Waals surface area contributed by atoms with E-state index in [1.165, 1.54) is 14.2 Å². The zero-order valence-corrected chi connectivity index (χ0v) is 7.49. The molecule has 0 aliphatic rings. The van der Waals surface area contributed by atoms with Crippen LogP contribution in [-0.2, 0) is 13.6 Å². The lowest BCUT2D eigenvalue weighted by Crippen LogP contribution is -1.98. The van der Waals surface area contributed by atoms with Gasteiger partial charge in [0.2, 0.25) is 0 Å². The molecule has 0 saturated heterocycles. The van der Waals surface area contributed by atoms with Crippen molar-refractivity contribution >= 4 is 20.2 Å². The molecule has 0 saturated carbocycles. The molecule has 0 aliphatic carbocycles. The van der Waals surface area contributed by atoms with Crippen LogP contribution in [0.1, 0.15) is 6.92 Å². The van der Waals surface area contributed by atoms with Gasteiger partial charge in [-0.3, -0.25) is 4.57 Å². The third-order valence-corrected chi connectivity index (χ3v) is 3.75. The molecular weight excluding hydrogens is 159 g/mol. The lowest BCUT2D eigenvalue weighted by Gasteiger charge is -2.15. The molecule has 0 aromatic heterocycles. The molecule has 0 rings (SSSR count). The van der Waals surface area contributed by atoms with E-state index in [0.717, 1.165) is 0 Å². The van der Waals surface area contributed by atoms with Crippen LogP contribution in [0, 0.1) is 0 Å². The smallest absolute Gasteiger partial charge is 0.311 e. The molecule has 1 atom stereocenters. The second kappa shape index (κ2) is 3.62. The van der Waals surface area contributed by atoms with Crippen LogP contribution >= 0.6 is 20.2 Å². The van der Waals surface area contributed by atoms with Crippen LogP contribution in [0.4, 0.5) is 0 Å². The maximum atomic E-state index is 11.1. The van der Waals surface area contributed by atoms with Gasteiger partial charge >= 0.3 is 7.60 Å². The molecule has 0 aliphatic heterocycles. The Bertz CT molecular complexity index is 117. The lowest BCUT2D eigenvalue weighted by molar-refractivity contribution is 0.275. The van der Waals surface area contributed by atoms with Crippen molar-refractivity contribution in [1.29, 1.82) is 0 Å². The fourth-order valence-electron chi connectivity index (χ4n) is 0.380. The largest absolute Gasteiger partial charge is 0.342 e. The van der Waals surface area contributed by atoms with Gasteiger partial charge in [-0.05, 0) is 6.92 Å². The molecule has 9 heavy (non-hydrogen) atoms. The van der Waals surface area contributed by atoms with Crippen molar-refractivity contribution in [2.75, 3.05) is 14.2 Å². The lowest BCUT2D eigenvalue weighted by atomic mass is 11.0. The molecule has 0 N–H and O–H groups in total. The van der Waals surface area contributed by atoms with E-state index in [4.69, 9.17) is 0 Å². The third kappa shape index (κ3) is 2.30. The van der Waals surface area contributed by atoms with Crippen molar-refractivity contribution in [3.8, 4) is 0 Å². The standard InChI is InChI=1S/C4H11O3PS/c1-4(9)8(5,6-2)7-3/h4,9H,1-3H3. The zero-order chi connectivity index (χ0) is 7.49. The van der Waals surface area contributed by atoms with E-state index in [0.29, 0.717) is 0 Å². The van der Waals surface area contributed by atoms with E-state index in [1.807, 2.05) is 0 Å². The molecule has 1 unspecified atom stereocenters. The molecule has 0 amide bonds. The Labute approximate surface area is 60.7 Å². The Kier molecular flexibility index (Phi) is 3.82. The van der Waals surface area contributed by atoms with E-state index in [9.17, 15) is 4.57 Å². The van der Waals surface area contributed by atoms with Gasteiger partial charge in [-0.2, -0.15) is 12.6 Å². The highest BCUT2D eigenvalue weighted by atomic mass is 32.1. The van der Waals surface area contributed by atoms with Crippen LogP contribution in [-0.4, -0.2) is 19.2 Å². The Hall–Kier alpha value is 0.500. The van der Waals surface area contributed by atoms with Crippen LogP contribution in [0.25, 0.3) is 0 Å². The van der Waals surface area contributed by atoms with Crippen molar-refractivity contribution in [1.82, 2.24) is 0 Å². The predicted octanol–water partition coefficient (Wildman–Crippen LogP) is 1.75. The molecule has 0 bridgehead atoms. The van der Waals surface area contributed by atoms with Crippen molar-refractivity contribution in [2.45, 2.75) is 11.9 Å². The monoisotopic (exact) mass is 170 g/mol. The summed E-state index contributed by atoms with van der Waals surface area (Å²) < 4.78 is 20.3. The first-order valence-electron chi connectivity index (χ1n) is 2.46. The van der Waals surface area contributed by atoms with Gasteiger partial charge in [0.1, 0.15) is 4.99 Å². The number of rotatable bonds is 3. The normalized spacial score (nSPS) is 15.6. The SMILES string of the molecule is COP(=O)(OC)C(C)S. The van der Waals surface area contributed by atoms with Gasteiger partial charge in [-0.1, -0.05) is 0 Å². The minimum atomic E-state index is -2.89. The summed E-state index contributed by atoms with van der Waals surface area (Å²) in [6.07, 6.45) is 0. The molecule has 0 aromatic rings. The van der Waals surface area contributed by atoms with E-state index < -0.39 is 7.60 Å². The summed E-state index contributed by atoms with van der Waals surface area (Å²) in [5.74, 6) is 0. The van der Waals surface area contributed by atoms with E-state index in [-0.39, 0.29) is 4.99 Å². The average molecular weight is 170 g/mol. The predicted molar refractivity (Wildman–Crippen MR) is 40.1 cm³/mol. The molecule has 0 aromatic carbocycles. The van der Waals surface area contributed by atoms with Crippen molar-refractivity contribution < 1.29 is 13.6 Å². The first-order valence-corrected chi connectivity index (χ1v) is 4.59. The topological polar surface area (TPSA) is 35.5 Å². The molecule has 3 nitrogen and oxygen atoms in total. The molecule has 0 radical (unpaired) electrons. The van der Waals surface area contributed by atoms with E-state index >= 15 is 0 Å². The Morgan fingerprint density at radius 1 is 1.44 bits per heavy atom. The summed E-state index contributed by atoms with van der Waals surface area (Å²) in [6.45, 7) is 1.66. The molecule has 56 valence electrons. The van der Waals surface area contributed by atoms with Crippen molar-refractivity contribution in [3.05, 3.63) is 0 Å². The van der Waals surface area contributed by atoms with Crippen LogP contribution in [0.3, 0.4) is 0 Å². The summed E-state index contributed by atoms with van der Waals surface area (Å²) in [5, 5.41) is 0. The Morgan fingerprint density at radius 3 is 1.78 bits per heavy atom.